The Morgan fingerprint density at radius 1 is 1.12 bits per heavy atom. The number of para-hydroxylation sites is 1. The SMILES string of the molecule is O=C(C[C@@H]1CCS(=O)(=O)C1)N1CCN(CCOc2ccccc2)CC1. The summed E-state index contributed by atoms with van der Waals surface area (Å²) >= 11 is 0. The summed E-state index contributed by atoms with van der Waals surface area (Å²) in [5.74, 6) is 1.40. The number of nitrogens with zero attached hydrogens (tertiary/aromatic N) is 2. The van der Waals surface area contributed by atoms with E-state index in [1.807, 2.05) is 35.2 Å². The zero-order valence-corrected chi connectivity index (χ0v) is 15.3. The van der Waals surface area contributed by atoms with E-state index in [9.17, 15) is 13.2 Å². The van der Waals surface area contributed by atoms with Crippen LogP contribution in [0.5, 0.6) is 5.75 Å². The molecule has 2 aliphatic rings. The number of hydrogen-bond donors (Lipinski definition) is 0. The molecule has 2 saturated heterocycles. The van der Waals surface area contributed by atoms with Gasteiger partial charge in [-0.25, -0.2) is 8.42 Å². The van der Waals surface area contributed by atoms with Crippen molar-refractivity contribution < 1.29 is 17.9 Å². The van der Waals surface area contributed by atoms with Gasteiger partial charge in [0.1, 0.15) is 12.4 Å². The van der Waals surface area contributed by atoms with Crippen LogP contribution in [0.2, 0.25) is 0 Å². The number of carbonyl (C=O) groups excluding carboxylic acids is 1. The summed E-state index contributed by atoms with van der Waals surface area (Å²) < 4.78 is 28.7. The predicted octanol–water partition coefficient (Wildman–Crippen LogP) is 1.03. The lowest BCUT2D eigenvalue weighted by Gasteiger charge is -2.35. The molecule has 0 aromatic heterocycles. The Kier molecular flexibility index (Phi) is 5.96. The number of ether oxygens (including phenoxy) is 1. The van der Waals surface area contributed by atoms with Crippen molar-refractivity contribution in [2.45, 2.75) is 12.8 Å². The number of sulfone groups is 1. The quantitative estimate of drug-likeness (QED) is 0.752. The molecule has 1 amide bonds. The fraction of sp³-hybridized carbons (Fsp3) is 0.611. The monoisotopic (exact) mass is 366 g/mol. The topological polar surface area (TPSA) is 66.9 Å². The van der Waals surface area contributed by atoms with Crippen LogP contribution in [0, 0.1) is 5.92 Å². The fourth-order valence-electron chi connectivity index (χ4n) is 3.44. The molecule has 7 heteroatoms. The van der Waals surface area contributed by atoms with Gasteiger partial charge in [-0.05, 0) is 24.5 Å². The molecule has 3 rings (SSSR count). The molecule has 1 aromatic carbocycles. The molecule has 0 unspecified atom stereocenters. The fourth-order valence-corrected chi connectivity index (χ4v) is 5.30. The summed E-state index contributed by atoms with van der Waals surface area (Å²) in [7, 11) is -2.91. The normalized spacial score (nSPS) is 23.5. The molecule has 1 atom stereocenters. The third-order valence-corrected chi connectivity index (χ3v) is 6.77. The molecule has 0 aliphatic carbocycles. The lowest BCUT2D eigenvalue weighted by atomic mass is 10.0. The minimum absolute atomic E-state index is 0.00908. The average Bonchev–Trinajstić information content (AvgIpc) is 2.95. The van der Waals surface area contributed by atoms with Crippen LogP contribution in [0.1, 0.15) is 12.8 Å². The maximum atomic E-state index is 12.4. The van der Waals surface area contributed by atoms with E-state index in [1.54, 1.807) is 0 Å². The minimum Gasteiger partial charge on any atom is -0.492 e. The maximum Gasteiger partial charge on any atom is 0.222 e. The highest BCUT2D eigenvalue weighted by molar-refractivity contribution is 7.91. The van der Waals surface area contributed by atoms with Gasteiger partial charge in [0.2, 0.25) is 5.91 Å². The zero-order chi connectivity index (χ0) is 17.7. The molecule has 0 bridgehead atoms. The van der Waals surface area contributed by atoms with Gasteiger partial charge in [-0.3, -0.25) is 9.69 Å². The summed E-state index contributed by atoms with van der Waals surface area (Å²) in [4.78, 5) is 16.5. The minimum atomic E-state index is -2.91. The van der Waals surface area contributed by atoms with E-state index >= 15 is 0 Å². The molecule has 2 fully saturated rings. The van der Waals surface area contributed by atoms with Gasteiger partial charge in [-0.1, -0.05) is 18.2 Å². The highest BCUT2D eigenvalue weighted by atomic mass is 32.2. The molecule has 0 radical (unpaired) electrons. The first kappa shape index (κ1) is 18.2. The molecule has 25 heavy (non-hydrogen) atoms. The molecule has 1 aromatic rings. The van der Waals surface area contributed by atoms with Crippen molar-refractivity contribution in [3.05, 3.63) is 30.3 Å². The number of benzene rings is 1. The van der Waals surface area contributed by atoms with Crippen molar-refractivity contribution in [1.29, 1.82) is 0 Å². The smallest absolute Gasteiger partial charge is 0.222 e. The Morgan fingerprint density at radius 2 is 1.84 bits per heavy atom. The van der Waals surface area contributed by atoms with Crippen molar-refractivity contribution in [3.8, 4) is 5.75 Å². The zero-order valence-electron chi connectivity index (χ0n) is 14.5. The van der Waals surface area contributed by atoms with Gasteiger partial charge in [0.05, 0.1) is 11.5 Å². The second-order valence-corrected chi connectivity index (χ2v) is 9.09. The Hall–Kier alpha value is -1.60. The molecule has 0 N–H and O–H groups in total. The maximum absolute atomic E-state index is 12.4. The van der Waals surface area contributed by atoms with E-state index in [4.69, 9.17) is 4.74 Å². The Labute approximate surface area is 149 Å². The van der Waals surface area contributed by atoms with Gasteiger partial charge >= 0.3 is 0 Å². The Balaban J connectivity index is 1.35. The van der Waals surface area contributed by atoms with E-state index in [2.05, 4.69) is 4.90 Å². The first-order valence-corrected chi connectivity index (χ1v) is 10.7. The van der Waals surface area contributed by atoms with Crippen LogP contribution in [0.4, 0.5) is 0 Å². The molecular formula is C18H26N2O4S. The van der Waals surface area contributed by atoms with Gasteiger partial charge in [-0.15, -0.1) is 0 Å². The Bertz CT molecular complexity index is 670. The van der Waals surface area contributed by atoms with Crippen molar-refractivity contribution in [2.75, 3.05) is 50.8 Å². The van der Waals surface area contributed by atoms with Crippen LogP contribution in [-0.2, 0) is 14.6 Å². The van der Waals surface area contributed by atoms with Crippen LogP contribution >= 0.6 is 0 Å². The molecule has 6 nitrogen and oxygen atoms in total. The highest BCUT2D eigenvalue weighted by Gasteiger charge is 2.31. The molecular weight excluding hydrogens is 340 g/mol. The summed E-state index contributed by atoms with van der Waals surface area (Å²) in [6.45, 7) is 4.59. The largest absolute Gasteiger partial charge is 0.492 e. The first-order valence-electron chi connectivity index (χ1n) is 8.90. The summed E-state index contributed by atoms with van der Waals surface area (Å²) in [5.41, 5.74) is 0. The van der Waals surface area contributed by atoms with E-state index in [1.165, 1.54) is 0 Å². The van der Waals surface area contributed by atoms with E-state index in [0.29, 0.717) is 32.5 Å². The number of piperazine rings is 1. The van der Waals surface area contributed by atoms with Crippen LogP contribution in [0.3, 0.4) is 0 Å². The molecule has 2 heterocycles. The number of hydrogen-bond acceptors (Lipinski definition) is 5. The van der Waals surface area contributed by atoms with Gasteiger partial charge in [-0.2, -0.15) is 0 Å². The third kappa shape index (κ3) is 5.44. The predicted molar refractivity (Wildman–Crippen MR) is 96.3 cm³/mol. The van der Waals surface area contributed by atoms with Crippen molar-refractivity contribution >= 4 is 15.7 Å². The second kappa shape index (κ2) is 8.19. The van der Waals surface area contributed by atoms with Gasteiger partial charge in [0.15, 0.2) is 9.84 Å². The number of rotatable bonds is 6. The second-order valence-electron chi connectivity index (χ2n) is 6.86. The van der Waals surface area contributed by atoms with Crippen molar-refractivity contribution in [1.82, 2.24) is 9.80 Å². The van der Waals surface area contributed by atoms with E-state index in [0.717, 1.165) is 25.4 Å². The first-order chi connectivity index (χ1) is 12.0. The summed E-state index contributed by atoms with van der Waals surface area (Å²) in [6.07, 6.45) is 1.00. The summed E-state index contributed by atoms with van der Waals surface area (Å²) in [6, 6.07) is 9.76. The standard InChI is InChI=1S/C18H26N2O4S/c21-18(14-16-6-13-25(22,23)15-16)20-9-7-19(8-10-20)11-12-24-17-4-2-1-3-5-17/h1-5,16H,6-15H2/t16-/m0/s1. The highest BCUT2D eigenvalue weighted by Crippen LogP contribution is 2.22. The van der Waals surface area contributed by atoms with E-state index in [-0.39, 0.29) is 23.3 Å². The molecule has 0 saturated carbocycles. The number of carbonyl (C=O) groups is 1. The van der Waals surface area contributed by atoms with Crippen molar-refractivity contribution in [3.63, 3.8) is 0 Å². The van der Waals surface area contributed by atoms with Crippen LogP contribution in [-0.4, -0.2) is 75.0 Å². The lowest BCUT2D eigenvalue weighted by molar-refractivity contribution is -0.133. The average molecular weight is 366 g/mol. The number of amides is 1. The van der Waals surface area contributed by atoms with Gasteiger partial charge in [0, 0.05) is 39.1 Å². The third-order valence-electron chi connectivity index (χ3n) is 4.93. The van der Waals surface area contributed by atoms with E-state index < -0.39 is 9.84 Å². The van der Waals surface area contributed by atoms with Crippen LogP contribution in [0.25, 0.3) is 0 Å². The van der Waals surface area contributed by atoms with Crippen molar-refractivity contribution in [2.24, 2.45) is 5.92 Å². The van der Waals surface area contributed by atoms with Crippen LogP contribution < -0.4 is 4.74 Å². The van der Waals surface area contributed by atoms with Crippen LogP contribution in [0.15, 0.2) is 30.3 Å². The summed E-state index contributed by atoms with van der Waals surface area (Å²) in [5, 5.41) is 0. The lowest BCUT2D eigenvalue weighted by Crippen LogP contribution is -2.49. The molecule has 138 valence electrons. The van der Waals surface area contributed by atoms with Gasteiger partial charge < -0.3 is 9.64 Å². The van der Waals surface area contributed by atoms with Gasteiger partial charge in [0.25, 0.3) is 0 Å². The Morgan fingerprint density at radius 3 is 2.48 bits per heavy atom. The molecule has 2 aliphatic heterocycles. The molecule has 0 spiro atoms.